The minimum absolute atomic E-state index is 0.0280. The van der Waals surface area contributed by atoms with Crippen molar-refractivity contribution < 1.29 is 19.4 Å². The number of aromatic carboxylic acids is 1. The van der Waals surface area contributed by atoms with Gasteiger partial charge in [0.2, 0.25) is 5.43 Å². The zero-order chi connectivity index (χ0) is 18.6. The van der Waals surface area contributed by atoms with Gasteiger partial charge in [-0.2, -0.15) is 0 Å². The number of halogens is 1. The Bertz CT molecular complexity index is 969. The molecule has 1 fully saturated rings. The minimum Gasteiger partial charge on any atom is -0.477 e. The molecule has 0 saturated carbocycles. The molecular formula is C17H18FN3O4S. The van der Waals surface area contributed by atoms with E-state index in [1.165, 1.54) is 0 Å². The summed E-state index contributed by atoms with van der Waals surface area (Å²) in [6.07, 6.45) is 0. The average Bonchev–Trinajstić information content (AvgIpc) is 2.58. The van der Waals surface area contributed by atoms with Crippen LogP contribution in [0.5, 0.6) is 0 Å². The fourth-order valence-corrected chi connectivity index (χ4v) is 4.66. The van der Waals surface area contributed by atoms with E-state index in [0.717, 1.165) is 30.9 Å². The van der Waals surface area contributed by atoms with E-state index in [1.54, 1.807) is 10.6 Å². The van der Waals surface area contributed by atoms with E-state index in [2.05, 4.69) is 4.90 Å². The van der Waals surface area contributed by atoms with Crippen LogP contribution >= 0.6 is 11.8 Å². The quantitative estimate of drug-likeness (QED) is 0.828. The zero-order valence-electron chi connectivity index (χ0n) is 14.1. The normalized spacial score (nSPS) is 20.1. The molecule has 0 amide bonds. The highest BCUT2D eigenvalue weighted by Crippen LogP contribution is 2.46. The van der Waals surface area contributed by atoms with Gasteiger partial charge in [0.15, 0.2) is 0 Å². The van der Waals surface area contributed by atoms with Gasteiger partial charge in [0.05, 0.1) is 22.8 Å². The van der Waals surface area contributed by atoms with Crippen molar-refractivity contribution in [2.24, 2.45) is 0 Å². The maximum Gasteiger partial charge on any atom is 0.342 e. The molecule has 0 radical (unpaired) electrons. The van der Waals surface area contributed by atoms with Crippen molar-refractivity contribution >= 4 is 34.3 Å². The number of nitrogens with zero attached hydrogens (tertiary/aromatic N) is 3. The number of thioether (sulfide) groups is 1. The molecule has 26 heavy (non-hydrogen) atoms. The number of carboxylic acid groups (broad SMARTS) is 1. The number of carboxylic acids is 1. The van der Waals surface area contributed by atoms with Gasteiger partial charge in [0.25, 0.3) is 0 Å². The highest BCUT2D eigenvalue weighted by Gasteiger charge is 2.35. The van der Waals surface area contributed by atoms with Crippen molar-refractivity contribution in [1.29, 1.82) is 0 Å². The molecular weight excluding hydrogens is 361 g/mol. The molecule has 1 aromatic heterocycles. The zero-order valence-corrected chi connectivity index (χ0v) is 14.9. The maximum absolute atomic E-state index is 14.7. The third-order valence-corrected chi connectivity index (χ3v) is 6.23. The number of carbonyl (C=O) groups is 1. The van der Waals surface area contributed by atoms with Crippen LogP contribution in [-0.2, 0) is 0 Å². The van der Waals surface area contributed by atoms with Crippen LogP contribution in [0.4, 0.5) is 10.1 Å². The van der Waals surface area contributed by atoms with Crippen LogP contribution in [-0.4, -0.2) is 65.5 Å². The Balaban J connectivity index is 1.93. The number of pyridine rings is 1. The molecule has 0 spiro atoms. The molecule has 1 saturated heterocycles. The van der Waals surface area contributed by atoms with Crippen LogP contribution in [0.3, 0.4) is 0 Å². The number of piperazine rings is 1. The number of anilines is 1. The van der Waals surface area contributed by atoms with Crippen LogP contribution in [0.15, 0.2) is 22.0 Å². The van der Waals surface area contributed by atoms with Gasteiger partial charge in [0, 0.05) is 31.6 Å². The fourth-order valence-electron chi connectivity index (χ4n) is 3.52. The van der Waals surface area contributed by atoms with Crippen LogP contribution < -0.4 is 10.3 Å². The number of hydrogen-bond acceptors (Lipinski definition) is 6. The van der Waals surface area contributed by atoms with E-state index in [0.29, 0.717) is 29.3 Å². The molecule has 7 nitrogen and oxygen atoms in total. The molecule has 2 aromatic rings. The van der Waals surface area contributed by atoms with Crippen molar-refractivity contribution in [2.45, 2.75) is 10.4 Å². The third kappa shape index (κ3) is 2.50. The van der Waals surface area contributed by atoms with E-state index in [1.807, 2.05) is 11.9 Å². The standard InChI is InChI=1S/C17H18FN3O4S/c1-19-2-4-20(5-3-19)12-7-11-9(6-10(12)18)15(23)14(17(24)25)16-21(11)13(8-22)26-16/h6-7,13,22H,2-5,8H2,1H3,(H,24,25). The molecule has 1 aromatic carbocycles. The highest BCUT2D eigenvalue weighted by molar-refractivity contribution is 8.00. The number of fused-ring (bicyclic) bond motifs is 3. The Labute approximate surface area is 152 Å². The van der Waals surface area contributed by atoms with Crippen LogP contribution in [0, 0.1) is 5.82 Å². The average molecular weight is 379 g/mol. The molecule has 0 bridgehead atoms. The Morgan fingerprint density at radius 1 is 1.31 bits per heavy atom. The summed E-state index contributed by atoms with van der Waals surface area (Å²) in [5.74, 6) is -1.88. The first kappa shape index (κ1) is 17.3. The van der Waals surface area contributed by atoms with Gasteiger partial charge in [0.1, 0.15) is 16.8 Å². The number of aliphatic hydroxyl groups is 1. The molecule has 2 aliphatic rings. The second-order valence-electron chi connectivity index (χ2n) is 6.55. The number of aliphatic hydroxyl groups excluding tert-OH is 1. The van der Waals surface area contributed by atoms with E-state index in [-0.39, 0.29) is 22.9 Å². The summed E-state index contributed by atoms with van der Waals surface area (Å²) in [4.78, 5) is 28.2. The molecule has 1 unspecified atom stereocenters. The van der Waals surface area contributed by atoms with Crippen molar-refractivity contribution in [2.75, 3.05) is 44.7 Å². The molecule has 2 aliphatic heterocycles. The molecule has 1 atom stereocenters. The van der Waals surface area contributed by atoms with Crippen LogP contribution in [0.25, 0.3) is 10.9 Å². The lowest BCUT2D eigenvalue weighted by atomic mass is 10.1. The predicted octanol–water partition coefficient (Wildman–Crippen LogP) is 1.19. The first-order valence-electron chi connectivity index (χ1n) is 8.28. The molecule has 0 aliphatic carbocycles. The molecule has 3 heterocycles. The molecule has 9 heteroatoms. The third-order valence-electron chi connectivity index (χ3n) is 4.98. The largest absolute Gasteiger partial charge is 0.477 e. The maximum atomic E-state index is 14.7. The predicted molar refractivity (Wildman–Crippen MR) is 96.8 cm³/mol. The van der Waals surface area contributed by atoms with Gasteiger partial charge in [-0.3, -0.25) is 4.79 Å². The summed E-state index contributed by atoms with van der Waals surface area (Å²) >= 11 is 1.15. The first-order chi connectivity index (χ1) is 12.4. The highest BCUT2D eigenvalue weighted by atomic mass is 32.2. The smallest absolute Gasteiger partial charge is 0.342 e. The summed E-state index contributed by atoms with van der Waals surface area (Å²) in [7, 11) is 2.01. The van der Waals surface area contributed by atoms with Gasteiger partial charge in [-0.25, -0.2) is 9.18 Å². The molecule has 2 N–H and O–H groups in total. The lowest BCUT2D eigenvalue weighted by Gasteiger charge is -2.36. The van der Waals surface area contributed by atoms with E-state index < -0.39 is 17.2 Å². The SMILES string of the molecule is CN1CCN(c2cc3c(cc2F)c(=O)c(C(=O)O)c2n3C(CO)S2)CC1. The summed E-state index contributed by atoms with van der Waals surface area (Å²) < 4.78 is 16.4. The Kier molecular flexibility index (Phi) is 4.17. The number of hydrogen-bond donors (Lipinski definition) is 2. The van der Waals surface area contributed by atoms with Crippen LogP contribution in [0.1, 0.15) is 15.7 Å². The Hall–Kier alpha value is -2.10. The van der Waals surface area contributed by atoms with Gasteiger partial charge >= 0.3 is 5.97 Å². The summed E-state index contributed by atoms with van der Waals surface area (Å²) in [5, 5.41) is 18.9. The fraction of sp³-hybridized carbons (Fsp3) is 0.412. The number of aromatic nitrogens is 1. The monoisotopic (exact) mass is 379 g/mol. The topological polar surface area (TPSA) is 86.0 Å². The van der Waals surface area contributed by atoms with Crippen molar-refractivity contribution in [3.8, 4) is 0 Å². The lowest BCUT2D eigenvalue weighted by molar-refractivity contribution is 0.0688. The van der Waals surface area contributed by atoms with E-state index in [9.17, 15) is 24.2 Å². The van der Waals surface area contributed by atoms with Gasteiger partial charge in [-0.05, 0) is 19.2 Å². The van der Waals surface area contributed by atoms with Gasteiger partial charge in [-0.1, -0.05) is 11.8 Å². The summed E-state index contributed by atoms with van der Waals surface area (Å²) in [6.45, 7) is 2.75. The number of likely N-dealkylation sites (N-methyl/N-ethyl adjacent to an activating group) is 1. The van der Waals surface area contributed by atoms with Crippen molar-refractivity contribution in [1.82, 2.24) is 9.47 Å². The number of rotatable bonds is 3. The Morgan fingerprint density at radius 2 is 2.00 bits per heavy atom. The van der Waals surface area contributed by atoms with Crippen molar-refractivity contribution in [3.63, 3.8) is 0 Å². The van der Waals surface area contributed by atoms with Gasteiger partial charge < -0.3 is 24.6 Å². The second-order valence-corrected chi connectivity index (χ2v) is 7.72. The van der Waals surface area contributed by atoms with Crippen LogP contribution in [0.2, 0.25) is 0 Å². The lowest BCUT2D eigenvalue weighted by Crippen LogP contribution is -2.44. The Morgan fingerprint density at radius 3 is 2.62 bits per heavy atom. The molecule has 4 rings (SSSR count). The van der Waals surface area contributed by atoms with Crippen molar-refractivity contribution in [3.05, 3.63) is 33.7 Å². The van der Waals surface area contributed by atoms with E-state index in [4.69, 9.17) is 0 Å². The van der Waals surface area contributed by atoms with E-state index >= 15 is 0 Å². The number of benzene rings is 1. The minimum atomic E-state index is -1.34. The molecule has 138 valence electrons. The summed E-state index contributed by atoms with van der Waals surface area (Å²) in [5.41, 5.74) is -0.190. The second kappa shape index (κ2) is 6.26. The van der Waals surface area contributed by atoms with Gasteiger partial charge in [-0.15, -0.1) is 0 Å². The first-order valence-corrected chi connectivity index (χ1v) is 9.16. The summed E-state index contributed by atoms with van der Waals surface area (Å²) in [6, 6.07) is 2.73.